The molecule has 90 valence electrons. The van der Waals surface area contributed by atoms with E-state index in [4.69, 9.17) is 10.3 Å². The molecular weight excluding hydrogens is 210 g/mol. The Morgan fingerprint density at radius 3 is 3.12 bits per heavy atom. The van der Waals surface area contributed by atoms with Crippen molar-refractivity contribution in [1.82, 2.24) is 10.6 Å². The molecule has 1 unspecified atom stereocenters. The third-order valence-electron chi connectivity index (χ3n) is 2.30. The van der Waals surface area contributed by atoms with Crippen molar-refractivity contribution in [3.63, 3.8) is 0 Å². The second-order valence-electron chi connectivity index (χ2n) is 3.62. The minimum absolute atomic E-state index is 0.142. The number of amides is 2. The Hall–Kier alpha value is -1.46. The summed E-state index contributed by atoms with van der Waals surface area (Å²) in [5, 5.41) is 8.98. The van der Waals surface area contributed by atoms with Gasteiger partial charge in [0.1, 0.15) is 0 Å². The third kappa shape index (κ3) is 5.43. The highest BCUT2D eigenvalue weighted by Crippen LogP contribution is 2.02. The normalized spacial score (nSPS) is 18.9. The van der Waals surface area contributed by atoms with Crippen LogP contribution in [0.4, 0.5) is 4.79 Å². The second kappa shape index (κ2) is 7.78. The van der Waals surface area contributed by atoms with Crippen molar-refractivity contribution in [3.8, 4) is 0 Å². The number of carbonyl (C=O) groups excluding carboxylic acids is 1. The predicted molar refractivity (Wildman–Crippen MR) is 59.0 cm³/mol. The molecule has 0 aromatic rings. The Bertz CT molecular complexity index is 259. The number of nitrogens with one attached hydrogen (secondary N) is 2. The molecule has 7 heteroatoms. The van der Waals surface area contributed by atoms with E-state index in [9.17, 15) is 4.79 Å². The summed E-state index contributed by atoms with van der Waals surface area (Å²) in [6.07, 6.45) is 2.48. The number of hydrogen-bond donors (Lipinski definition) is 2. The average molecular weight is 227 g/mol. The first-order valence-electron chi connectivity index (χ1n) is 5.46. The van der Waals surface area contributed by atoms with E-state index in [2.05, 4.69) is 20.7 Å². The Labute approximate surface area is 94.2 Å². The molecule has 0 saturated carbocycles. The smallest absolute Gasteiger partial charge is 0.315 e. The van der Waals surface area contributed by atoms with Crippen molar-refractivity contribution >= 4 is 6.03 Å². The SMILES string of the molecule is [N-]=[N+]=NCCCCNC(=O)NC1CCOC1. The Balaban J connectivity index is 1.95. The van der Waals surface area contributed by atoms with E-state index in [1.165, 1.54) is 0 Å². The first-order chi connectivity index (χ1) is 7.83. The molecule has 16 heavy (non-hydrogen) atoms. The van der Waals surface area contributed by atoms with Crippen LogP contribution in [0.5, 0.6) is 0 Å². The molecule has 0 radical (unpaired) electrons. The first kappa shape index (κ1) is 12.6. The second-order valence-corrected chi connectivity index (χ2v) is 3.62. The van der Waals surface area contributed by atoms with Crippen LogP contribution >= 0.6 is 0 Å². The zero-order valence-corrected chi connectivity index (χ0v) is 9.19. The van der Waals surface area contributed by atoms with Crippen molar-refractivity contribution in [1.29, 1.82) is 0 Å². The third-order valence-corrected chi connectivity index (χ3v) is 2.30. The van der Waals surface area contributed by atoms with Crippen molar-refractivity contribution in [2.45, 2.75) is 25.3 Å². The molecule has 1 heterocycles. The quantitative estimate of drug-likeness (QED) is 0.308. The number of unbranched alkanes of at least 4 members (excludes halogenated alkanes) is 1. The van der Waals surface area contributed by atoms with Gasteiger partial charge in [0.2, 0.25) is 0 Å². The fourth-order valence-corrected chi connectivity index (χ4v) is 1.44. The molecule has 1 aliphatic rings. The van der Waals surface area contributed by atoms with E-state index in [-0.39, 0.29) is 12.1 Å². The van der Waals surface area contributed by atoms with Crippen LogP contribution in [-0.2, 0) is 4.74 Å². The van der Waals surface area contributed by atoms with Gasteiger partial charge in [0, 0.05) is 24.6 Å². The molecule has 0 aromatic carbocycles. The minimum atomic E-state index is -0.153. The summed E-state index contributed by atoms with van der Waals surface area (Å²) in [7, 11) is 0. The molecule has 0 bridgehead atoms. The number of carbonyl (C=O) groups is 1. The van der Waals surface area contributed by atoms with Gasteiger partial charge in [-0.25, -0.2) is 4.79 Å². The van der Waals surface area contributed by atoms with Gasteiger partial charge in [0.15, 0.2) is 0 Å². The summed E-state index contributed by atoms with van der Waals surface area (Å²) in [5.41, 5.74) is 8.04. The Morgan fingerprint density at radius 1 is 1.56 bits per heavy atom. The number of nitrogens with zero attached hydrogens (tertiary/aromatic N) is 3. The van der Waals surface area contributed by atoms with Crippen LogP contribution in [0.25, 0.3) is 10.4 Å². The maximum absolute atomic E-state index is 11.3. The van der Waals surface area contributed by atoms with Gasteiger partial charge in [0.25, 0.3) is 0 Å². The lowest BCUT2D eigenvalue weighted by Gasteiger charge is -2.11. The molecule has 1 saturated heterocycles. The van der Waals surface area contributed by atoms with Crippen LogP contribution in [0.1, 0.15) is 19.3 Å². The largest absolute Gasteiger partial charge is 0.379 e. The molecule has 1 rings (SSSR count). The average Bonchev–Trinajstić information content (AvgIpc) is 2.76. The number of azide groups is 1. The van der Waals surface area contributed by atoms with Gasteiger partial charge in [-0.3, -0.25) is 0 Å². The standard InChI is InChI=1S/C9H17N5O2/c10-14-12-5-2-1-4-11-9(15)13-8-3-6-16-7-8/h8H,1-7H2,(H2,11,13,15). The highest BCUT2D eigenvalue weighted by Gasteiger charge is 2.16. The predicted octanol–water partition coefficient (Wildman–Crippen LogP) is 1.16. The molecule has 0 spiro atoms. The van der Waals surface area contributed by atoms with Crippen LogP contribution in [0.3, 0.4) is 0 Å². The number of hydrogen-bond acceptors (Lipinski definition) is 3. The van der Waals surface area contributed by atoms with E-state index in [1.54, 1.807) is 0 Å². The molecule has 7 nitrogen and oxygen atoms in total. The lowest BCUT2D eigenvalue weighted by molar-refractivity contribution is 0.188. The zero-order chi connectivity index (χ0) is 11.6. The van der Waals surface area contributed by atoms with E-state index < -0.39 is 0 Å². The van der Waals surface area contributed by atoms with E-state index in [0.29, 0.717) is 19.7 Å². The zero-order valence-electron chi connectivity index (χ0n) is 9.19. The van der Waals surface area contributed by atoms with Crippen LogP contribution in [0.2, 0.25) is 0 Å². The topological polar surface area (TPSA) is 99.1 Å². The number of urea groups is 1. The fourth-order valence-electron chi connectivity index (χ4n) is 1.44. The van der Waals surface area contributed by atoms with Crippen LogP contribution in [0, 0.1) is 0 Å². The number of ether oxygens (including phenoxy) is 1. The summed E-state index contributed by atoms with van der Waals surface area (Å²) in [6, 6.07) is -0.0116. The van der Waals surface area contributed by atoms with Gasteiger partial charge < -0.3 is 15.4 Å². The maximum Gasteiger partial charge on any atom is 0.315 e. The van der Waals surface area contributed by atoms with Crippen molar-refractivity contribution in [2.24, 2.45) is 5.11 Å². The summed E-state index contributed by atoms with van der Waals surface area (Å²) in [5.74, 6) is 0. The molecule has 2 N–H and O–H groups in total. The van der Waals surface area contributed by atoms with E-state index in [1.807, 2.05) is 0 Å². The van der Waals surface area contributed by atoms with Gasteiger partial charge >= 0.3 is 6.03 Å². The molecular formula is C9H17N5O2. The van der Waals surface area contributed by atoms with Gasteiger partial charge in [-0.05, 0) is 24.8 Å². The Morgan fingerprint density at radius 2 is 2.44 bits per heavy atom. The molecule has 0 aliphatic carbocycles. The maximum atomic E-state index is 11.3. The van der Waals surface area contributed by atoms with Crippen LogP contribution < -0.4 is 10.6 Å². The molecule has 0 aromatic heterocycles. The first-order valence-corrected chi connectivity index (χ1v) is 5.46. The molecule has 1 atom stereocenters. The summed E-state index contributed by atoms with van der Waals surface area (Å²) >= 11 is 0. The molecule has 1 aliphatic heterocycles. The van der Waals surface area contributed by atoms with Crippen molar-refractivity contribution in [2.75, 3.05) is 26.3 Å². The van der Waals surface area contributed by atoms with Gasteiger partial charge in [-0.2, -0.15) is 0 Å². The molecule has 1 fully saturated rings. The summed E-state index contributed by atoms with van der Waals surface area (Å²) in [4.78, 5) is 14.0. The fraction of sp³-hybridized carbons (Fsp3) is 0.889. The summed E-state index contributed by atoms with van der Waals surface area (Å²) in [6.45, 7) is 2.40. The lowest BCUT2D eigenvalue weighted by atomic mass is 10.3. The highest BCUT2D eigenvalue weighted by atomic mass is 16.5. The number of rotatable bonds is 6. The van der Waals surface area contributed by atoms with Gasteiger partial charge in [-0.1, -0.05) is 5.11 Å². The summed E-state index contributed by atoms with van der Waals surface area (Å²) < 4.78 is 5.14. The van der Waals surface area contributed by atoms with E-state index in [0.717, 1.165) is 25.9 Å². The van der Waals surface area contributed by atoms with Gasteiger partial charge in [0.05, 0.1) is 12.6 Å². The van der Waals surface area contributed by atoms with Crippen LogP contribution in [-0.4, -0.2) is 38.4 Å². The van der Waals surface area contributed by atoms with Gasteiger partial charge in [-0.15, -0.1) is 0 Å². The van der Waals surface area contributed by atoms with Crippen molar-refractivity contribution in [3.05, 3.63) is 10.4 Å². The highest BCUT2D eigenvalue weighted by molar-refractivity contribution is 5.74. The minimum Gasteiger partial charge on any atom is -0.379 e. The molecule has 2 amide bonds. The Kier molecular flexibility index (Phi) is 6.13. The van der Waals surface area contributed by atoms with E-state index >= 15 is 0 Å². The lowest BCUT2D eigenvalue weighted by Crippen LogP contribution is -2.42. The van der Waals surface area contributed by atoms with Crippen LogP contribution in [0.15, 0.2) is 5.11 Å². The monoisotopic (exact) mass is 227 g/mol. The van der Waals surface area contributed by atoms with Crippen molar-refractivity contribution < 1.29 is 9.53 Å².